The molecule has 2 fully saturated rings. The van der Waals surface area contributed by atoms with E-state index in [-0.39, 0.29) is 17.6 Å². The number of hydrogen-bond donors (Lipinski definition) is 2. The summed E-state index contributed by atoms with van der Waals surface area (Å²) in [5.41, 5.74) is 0.831. The number of nitrogens with one attached hydrogen (secondary N) is 1. The van der Waals surface area contributed by atoms with Gasteiger partial charge in [0.25, 0.3) is 5.91 Å². The van der Waals surface area contributed by atoms with Gasteiger partial charge in [-0.2, -0.15) is 0 Å². The third-order valence-corrected chi connectivity index (χ3v) is 7.77. The third-order valence-electron chi connectivity index (χ3n) is 6.83. The number of phenols is 1. The van der Waals surface area contributed by atoms with E-state index >= 15 is 0 Å². The molecule has 1 aromatic carbocycles. The predicted octanol–water partition coefficient (Wildman–Crippen LogP) is 3.94. The Morgan fingerprint density at radius 3 is 2.59 bits per heavy atom. The summed E-state index contributed by atoms with van der Waals surface area (Å²) in [4.78, 5) is 18.0. The molecule has 1 amide bonds. The fraction of sp³-hybridized carbons (Fsp3) is 0.593. The van der Waals surface area contributed by atoms with E-state index in [0.29, 0.717) is 5.75 Å². The SMILES string of the molecule is CCN1CC2(CCN(CCc3ccccc3O)CC2)OC(C)C1=O.CNCCCc1cccs1. The van der Waals surface area contributed by atoms with Gasteiger partial charge in [0, 0.05) is 37.6 Å². The number of nitrogens with zero attached hydrogens (tertiary/aromatic N) is 2. The molecule has 188 valence electrons. The molecule has 1 atom stereocenters. The zero-order valence-corrected chi connectivity index (χ0v) is 21.8. The number of carbonyl (C=O) groups excluding carboxylic acids is 1. The van der Waals surface area contributed by atoms with Crippen LogP contribution in [0.4, 0.5) is 0 Å². The molecule has 3 heterocycles. The molecule has 1 aromatic heterocycles. The Labute approximate surface area is 208 Å². The summed E-state index contributed by atoms with van der Waals surface area (Å²) in [6.07, 6.45) is 4.92. The first kappa shape index (κ1) is 26.7. The van der Waals surface area contributed by atoms with Crippen molar-refractivity contribution in [1.29, 1.82) is 0 Å². The summed E-state index contributed by atoms with van der Waals surface area (Å²) in [6.45, 7) is 9.41. The highest BCUT2D eigenvalue weighted by Crippen LogP contribution is 2.33. The highest BCUT2D eigenvalue weighted by atomic mass is 32.1. The van der Waals surface area contributed by atoms with E-state index in [1.807, 2.05) is 55.3 Å². The van der Waals surface area contributed by atoms with Gasteiger partial charge in [-0.3, -0.25) is 4.79 Å². The van der Waals surface area contributed by atoms with Crippen molar-refractivity contribution in [2.24, 2.45) is 0 Å². The van der Waals surface area contributed by atoms with Crippen molar-refractivity contribution in [2.45, 2.75) is 57.7 Å². The number of phenolic OH excluding ortho intramolecular Hbond substituents is 1. The molecule has 2 aliphatic rings. The Morgan fingerprint density at radius 2 is 1.94 bits per heavy atom. The van der Waals surface area contributed by atoms with E-state index in [4.69, 9.17) is 4.74 Å². The van der Waals surface area contributed by atoms with Gasteiger partial charge in [-0.05, 0) is 82.6 Å². The van der Waals surface area contributed by atoms with Gasteiger partial charge < -0.3 is 25.0 Å². The molecule has 1 spiro atoms. The molecule has 0 radical (unpaired) electrons. The summed E-state index contributed by atoms with van der Waals surface area (Å²) in [5, 5.41) is 15.1. The van der Waals surface area contributed by atoms with E-state index in [9.17, 15) is 9.90 Å². The van der Waals surface area contributed by atoms with Crippen LogP contribution in [-0.2, 0) is 22.4 Å². The number of likely N-dealkylation sites (tertiary alicyclic amines) is 1. The number of morpholine rings is 1. The lowest BCUT2D eigenvalue weighted by atomic mass is 9.88. The van der Waals surface area contributed by atoms with Crippen LogP contribution in [0, 0.1) is 0 Å². The molecule has 0 bridgehead atoms. The number of amides is 1. The number of piperidine rings is 1. The number of aryl methyl sites for hydroxylation is 1. The van der Waals surface area contributed by atoms with Crippen molar-refractivity contribution in [3.8, 4) is 5.75 Å². The van der Waals surface area contributed by atoms with Crippen LogP contribution < -0.4 is 5.32 Å². The van der Waals surface area contributed by atoms with Crippen molar-refractivity contribution >= 4 is 17.2 Å². The highest BCUT2D eigenvalue weighted by Gasteiger charge is 2.44. The standard InChI is InChI=1S/C19H28N2O3.C8H13NS/c1-3-21-14-19(24-15(2)18(21)23)9-12-20(13-10-19)11-8-16-6-4-5-7-17(16)22;1-9-6-2-4-8-5-3-7-10-8/h4-7,15,22H,3,8-14H2,1-2H3;3,5,7,9H,2,4,6H2,1H3. The molecule has 6 nitrogen and oxygen atoms in total. The second kappa shape index (κ2) is 13.2. The topological polar surface area (TPSA) is 65.0 Å². The number of aromatic hydroxyl groups is 1. The van der Waals surface area contributed by atoms with Gasteiger partial charge in [0.2, 0.25) is 0 Å². The normalized spacial score (nSPS) is 20.3. The minimum atomic E-state index is -0.327. The number of rotatable bonds is 8. The van der Waals surface area contributed by atoms with Gasteiger partial charge in [0.15, 0.2) is 0 Å². The van der Waals surface area contributed by atoms with Crippen LogP contribution >= 0.6 is 11.3 Å². The minimum Gasteiger partial charge on any atom is -0.508 e. The molecule has 2 aliphatic heterocycles. The van der Waals surface area contributed by atoms with Crippen LogP contribution in [0.1, 0.15) is 43.6 Å². The molecular formula is C27H41N3O3S. The zero-order valence-electron chi connectivity index (χ0n) is 21.0. The smallest absolute Gasteiger partial charge is 0.251 e. The lowest BCUT2D eigenvalue weighted by molar-refractivity contribution is -0.189. The van der Waals surface area contributed by atoms with Gasteiger partial charge in [0.1, 0.15) is 11.9 Å². The molecule has 2 N–H and O–H groups in total. The molecule has 4 rings (SSSR count). The molecule has 1 unspecified atom stereocenters. The Balaban J connectivity index is 0.000000271. The Hall–Kier alpha value is -1.93. The average molecular weight is 488 g/mol. The maximum absolute atomic E-state index is 12.1. The van der Waals surface area contributed by atoms with Crippen LogP contribution in [0.15, 0.2) is 41.8 Å². The van der Waals surface area contributed by atoms with E-state index < -0.39 is 0 Å². The fourth-order valence-electron chi connectivity index (χ4n) is 4.77. The van der Waals surface area contributed by atoms with E-state index in [1.54, 1.807) is 6.07 Å². The van der Waals surface area contributed by atoms with Crippen LogP contribution in [0.2, 0.25) is 0 Å². The first-order valence-corrected chi connectivity index (χ1v) is 13.5. The summed E-state index contributed by atoms with van der Waals surface area (Å²) < 4.78 is 6.13. The Bertz CT molecular complexity index is 866. The number of carbonyl (C=O) groups is 1. The Morgan fingerprint density at radius 1 is 1.18 bits per heavy atom. The van der Waals surface area contributed by atoms with Gasteiger partial charge >= 0.3 is 0 Å². The minimum absolute atomic E-state index is 0.116. The molecule has 0 saturated carbocycles. The largest absolute Gasteiger partial charge is 0.508 e. The first-order valence-electron chi connectivity index (χ1n) is 12.6. The van der Waals surface area contributed by atoms with Crippen molar-refractivity contribution in [1.82, 2.24) is 15.1 Å². The van der Waals surface area contributed by atoms with Gasteiger partial charge in [-0.1, -0.05) is 24.3 Å². The summed E-state index contributed by atoms with van der Waals surface area (Å²) >= 11 is 1.85. The number of para-hydroxylation sites is 1. The molecular weight excluding hydrogens is 446 g/mol. The van der Waals surface area contributed by atoms with Crippen molar-refractivity contribution in [2.75, 3.05) is 46.3 Å². The third kappa shape index (κ3) is 7.54. The Kier molecular flexibility index (Phi) is 10.4. The molecule has 0 aliphatic carbocycles. The van der Waals surface area contributed by atoms with E-state index in [1.165, 1.54) is 17.7 Å². The summed E-state index contributed by atoms with van der Waals surface area (Å²) in [5.74, 6) is 0.498. The zero-order chi connectivity index (χ0) is 24.4. The summed E-state index contributed by atoms with van der Waals surface area (Å²) in [7, 11) is 1.99. The highest BCUT2D eigenvalue weighted by molar-refractivity contribution is 7.09. The maximum Gasteiger partial charge on any atom is 0.251 e. The quantitative estimate of drug-likeness (QED) is 0.552. The molecule has 7 heteroatoms. The van der Waals surface area contributed by atoms with Crippen LogP contribution in [0.5, 0.6) is 5.75 Å². The predicted molar refractivity (Wildman–Crippen MR) is 140 cm³/mol. The molecule has 2 saturated heterocycles. The van der Waals surface area contributed by atoms with Crippen LogP contribution in [0.3, 0.4) is 0 Å². The van der Waals surface area contributed by atoms with Gasteiger partial charge in [0.05, 0.1) is 5.60 Å². The molecule has 2 aromatic rings. The number of hydrogen-bond acceptors (Lipinski definition) is 6. The lowest BCUT2D eigenvalue weighted by Crippen LogP contribution is -2.61. The second-order valence-corrected chi connectivity index (χ2v) is 10.3. The number of ether oxygens (including phenoxy) is 1. The first-order chi connectivity index (χ1) is 16.5. The fourth-order valence-corrected chi connectivity index (χ4v) is 5.52. The monoisotopic (exact) mass is 487 g/mol. The number of thiophene rings is 1. The number of benzene rings is 1. The lowest BCUT2D eigenvalue weighted by Gasteiger charge is -2.49. The van der Waals surface area contributed by atoms with Gasteiger partial charge in [-0.25, -0.2) is 0 Å². The van der Waals surface area contributed by atoms with Crippen molar-refractivity contribution < 1.29 is 14.6 Å². The van der Waals surface area contributed by atoms with Crippen molar-refractivity contribution in [3.63, 3.8) is 0 Å². The van der Waals surface area contributed by atoms with E-state index in [2.05, 4.69) is 27.7 Å². The van der Waals surface area contributed by atoms with Crippen LogP contribution in [0.25, 0.3) is 0 Å². The van der Waals surface area contributed by atoms with Crippen LogP contribution in [-0.4, -0.2) is 78.8 Å². The maximum atomic E-state index is 12.1. The molecule has 34 heavy (non-hydrogen) atoms. The van der Waals surface area contributed by atoms with E-state index in [0.717, 1.165) is 64.1 Å². The average Bonchev–Trinajstić information content (AvgIpc) is 3.36. The second-order valence-electron chi connectivity index (χ2n) is 9.30. The van der Waals surface area contributed by atoms with Crippen molar-refractivity contribution in [3.05, 3.63) is 52.2 Å². The summed E-state index contributed by atoms with van der Waals surface area (Å²) in [6, 6.07) is 11.9. The van der Waals surface area contributed by atoms with Gasteiger partial charge in [-0.15, -0.1) is 11.3 Å². The number of likely N-dealkylation sites (N-methyl/N-ethyl adjacent to an activating group) is 1.